The summed E-state index contributed by atoms with van der Waals surface area (Å²) in [5.41, 5.74) is 0. The molecule has 0 amide bonds. The third-order valence-electron chi connectivity index (χ3n) is 1.12. The van der Waals surface area contributed by atoms with Gasteiger partial charge in [-0.15, -0.1) is 0 Å². The SMILES string of the molecule is FC(F)Oc1ccc(Cl)c(I)c1. The van der Waals surface area contributed by atoms with E-state index in [4.69, 9.17) is 11.6 Å². The van der Waals surface area contributed by atoms with Crippen molar-refractivity contribution in [2.75, 3.05) is 0 Å². The maximum Gasteiger partial charge on any atom is 0.387 e. The molecular formula is C7H4ClF2IO. The van der Waals surface area contributed by atoms with E-state index < -0.39 is 6.61 Å². The quantitative estimate of drug-likeness (QED) is 0.759. The van der Waals surface area contributed by atoms with E-state index in [1.54, 1.807) is 0 Å². The van der Waals surface area contributed by atoms with Gasteiger partial charge in [0.1, 0.15) is 5.75 Å². The second-order valence-electron chi connectivity index (χ2n) is 1.95. The minimum atomic E-state index is -2.79. The summed E-state index contributed by atoms with van der Waals surface area (Å²) in [5.74, 6) is 0.124. The van der Waals surface area contributed by atoms with Gasteiger partial charge in [0.25, 0.3) is 0 Å². The van der Waals surface area contributed by atoms with Crippen molar-refractivity contribution in [1.82, 2.24) is 0 Å². The summed E-state index contributed by atoms with van der Waals surface area (Å²) in [5, 5.41) is 0.525. The molecule has 0 aliphatic rings. The van der Waals surface area contributed by atoms with Crippen LogP contribution in [-0.2, 0) is 0 Å². The van der Waals surface area contributed by atoms with Crippen LogP contribution in [0.25, 0.3) is 0 Å². The van der Waals surface area contributed by atoms with Gasteiger partial charge in [0.15, 0.2) is 0 Å². The molecule has 1 aromatic carbocycles. The molecule has 1 aromatic rings. The molecule has 0 fully saturated rings. The van der Waals surface area contributed by atoms with Gasteiger partial charge in [0.2, 0.25) is 0 Å². The van der Waals surface area contributed by atoms with E-state index in [2.05, 4.69) is 4.74 Å². The van der Waals surface area contributed by atoms with Crippen molar-refractivity contribution in [3.63, 3.8) is 0 Å². The van der Waals surface area contributed by atoms with Crippen LogP contribution in [0.15, 0.2) is 18.2 Å². The summed E-state index contributed by atoms with van der Waals surface area (Å²) in [6.07, 6.45) is 0. The highest BCUT2D eigenvalue weighted by Gasteiger charge is 2.05. The first kappa shape index (κ1) is 9.98. The Morgan fingerprint density at radius 3 is 2.58 bits per heavy atom. The first-order chi connectivity index (χ1) is 5.59. The number of hydrogen-bond donors (Lipinski definition) is 0. The van der Waals surface area contributed by atoms with Crippen LogP contribution in [0, 0.1) is 3.57 Å². The van der Waals surface area contributed by atoms with Crippen LogP contribution < -0.4 is 4.74 Å². The standard InChI is InChI=1S/C7H4ClF2IO/c8-5-2-1-4(3-6(5)11)12-7(9)10/h1-3,7H. The van der Waals surface area contributed by atoms with Gasteiger partial charge in [-0.05, 0) is 40.8 Å². The van der Waals surface area contributed by atoms with E-state index in [-0.39, 0.29) is 5.75 Å². The van der Waals surface area contributed by atoms with Crippen molar-refractivity contribution in [2.24, 2.45) is 0 Å². The van der Waals surface area contributed by atoms with E-state index in [0.717, 1.165) is 0 Å². The molecule has 0 atom stereocenters. The average molecular weight is 304 g/mol. The van der Waals surface area contributed by atoms with Gasteiger partial charge in [0.05, 0.1) is 5.02 Å². The summed E-state index contributed by atoms with van der Waals surface area (Å²) in [6.45, 7) is -2.79. The summed E-state index contributed by atoms with van der Waals surface area (Å²) < 4.78 is 28.2. The molecule has 0 aliphatic carbocycles. The fraction of sp³-hybridized carbons (Fsp3) is 0.143. The Morgan fingerprint density at radius 1 is 1.42 bits per heavy atom. The maximum absolute atomic E-state index is 11.7. The van der Waals surface area contributed by atoms with Crippen LogP contribution in [0.2, 0.25) is 5.02 Å². The third kappa shape index (κ3) is 2.75. The zero-order chi connectivity index (χ0) is 9.14. The third-order valence-corrected chi connectivity index (χ3v) is 2.66. The Bertz CT molecular complexity index is 280. The van der Waals surface area contributed by atoms with Crippen molar-refractivity contribution in [2.45, 2.75) is 6.61 Å². The molecule has 0 heterocycles. The Balaban J connectivity index is 2.82. The largest absolute Gasteiger partial charge is 0.435 e. The summed E-state index contributed by atoms with van der Waals surface area (Å²) in [7, 11) is 0. The molecule has 0 aliphatic heterocycles. The lowest BCUT2D eigenvalue weighted by atomic mass is 10.3. The number of rotatable bonds is 2. The van der Waals surface area contributed by atoms with E-state index in [0.29, 0.717) is 8.59 Å². The number of halogens is 4. The molecular weight excluding hydrogens is 300 g/mol. The van der Waals surface area contributed by atoms with Crippen molar-refractivity contribution in [1.29, 1.82) is 0 Å². The Hall–Kier alpha value is -0.100. The molecule has 0 unspecified atom stereocenters. The van der Waals surface area contributed by atoms with Crippen molar-refractivity contribution < 1.29 is 13.5 Å². The Labute approximate surface area is 86.8 Å². The molecule has 0 saturated heterocycles. The molecule has 0 spiro atoms. The Kier molecular flexibility index (Phi) is 3.52. The molecule has 0 bridgehead atoms. The monoisotopic (exact) mass is 304 g/mol. The predicted molar refractivity (Wildman–Crippen MR) is 50.8 cm³/mol. The zero-order valence-electron chi connectivity index (χ0n) is 5.73. The molecule has 0 N–H and O–H groups in total. The summed E-state index contributed by atoms with van der Waals surface area (Å²) in [4.78, 5) is 0. The van der Waals surface area contributed by atoms with E-state index in [1.165, 1.54) is 18.2 Å². The highest BCUT2D eigenvalue weighted by atomic mass is 127. The summed E-state index contributed by atoms with van der Waals surface area (Å²) >= 11 is 7.61. The smallest absolute Gasteiger partial charge is 0.387 e. The van der Waals surface area contributed by atoms with E-state index in [1.807, 2.05) is 22.6 Å². The van der Waals surface area contributed by atoms with Gasteiger partial charge in [-0.3, -0.25) is 0 Å². The van der Waals surface area contributed by atoms with Crippen LogP contribution in [0.1, 0.15) is 0 Å². The van der Waals surface area contributed by atoms with Crippen molar-refractivity contribution in [3.8, 4) is 5.75 Å². The fourth-order valence-corrected chi connectivity index (χ4v) is 1.26. The highest BCUT2D eigenvalue weighted by molar-refractivity contribution is 14.1. The fourth-order valence-electron chi connectivity index (χ4n) is 0.653. The molecule has 1 nitrogen and oxygen atoms in total. The molecule has 0 saturated carbocycles. The van der Waals surface area contributed by atoms with Crippen LogP contribution in [0.3, 0.4) is 0 Å². The second kappa shape index (κ2) is 4.23. The van der Waals surface area contributed by atoms with Crippen molar-refractivity contribution >= 4 is 34.2 Å². The average Bonchev–Trinajstić information content (AvgIpc) is 1.96. The lowest BCUT2D eigenvalue weighted by molar-refractivity contribution is -0.0498. The van der Waals surface area contributed by atoms with Crippen LogP contribution in [0.5, 0.6) is 5.75 Å². The normalized spacial score (nSPS) is 10.4. The van der Waals surface area contributed by atoms with Crippen LogP contribution in [0.4, 0.5) is 8.78 Å². The van der Waals surface area contributed by atoms with E-state index in [9.17, 15) is 8.78 Å². The van der Waals surface area contributed by atoms with Crippen LogP contribution >= 0.6 is 34.2 Å². The minimum absolute atomic E-state index is 0.124. The first-order valence-corrected chi connectivity index (χ1v) is 4.45. The lowest BCUT2D eigenvalue weighted by Crippen LogP contribution is -2.01. The number of benzene rings is 1. The molecule has 5 heteroatoms. The number of ether oxygens (including phenoxy) is 1. The van der Waals surface area contributed by atoms with Gasteiger partial charge < -0.3 is 4.74 Å². The van der Waals surface area contributed by atoms with E-state index >= 15 is 0 Å². The molecule has 66 valence electrons. The molecule has 0 aromatic heterocycles. The summed E-state index contributed by atoms with van der Waals surface area (Å²) in [6, 6.07) is 4.37. The van der Waals surface area contributed by atoms with Gasteiger partial charge in [-0.2, -0.15) is 8.78 Å². The van der Waals surface area contributed by atoms with Gasteiger partial charge in [-0.25, -0.2) is 0 Å². The van der Waals surface area contributed by atoms with Gasteiger partial charge in [-0.1, -0.05) is 11.6 Å². The van der Waals surface area contributed by atoms with Crippen LogP contribution in [-0.4, -0.2) is 6.61 Å². The van der Waals surface area contributed by atoms with Crippen molar-refractivity contribution in [3.05, 3.63) is 26.8 Å². The van der Waals surface area contributed by atoms with Gasteiger partial charge >= 0.3 is 6.61 Å². The second-order valence-corrected chi connectivity index (χ2v) is 3.52. The number of alkyl halides is 2. The minimum Gasteiger partial charge on any atom is -0.435 e. The zero-order valence-corrected chi connectivity index (χ0v) is 8.64. The highest BCUT2D eigenvalue weighted by Crippen LogP contribution is 2.24. The number of hydrogen-bond acceptors (Lipinski definition) is 1. The topological polar surface area (TPSA) is 9.23 Å². The lowest BCUT2D eigenvalue weighted by Gasteiger charge is -2.04. The predicted octanol–water partition coefficient (Wildman–Crippen LogP) is 3.55. The maximum atomic E-state index is 11.7. The Morgan fingerprint density at radius 2 is 2.08 bits per heavy atom. The molecule has 1 rings (SSSR count). The van der Waals surface area contributed by atoms with Gasteiger partial charge in [0, 0.05) is 3.57 Å². The first-order valence-electron chi connectivity index (χ1n) is 2.99. The molecule has 12 heavy (non-hydrogen) atoms. The molecule has 0 radical (unpaired) electrons.